The first kappa shape index (κ1) is 19.0. The average molecular weight is 391 g/mol. The Kier molecular flexibility index (Phi) is 4.11. The van der Waals surface area contributed by atoms with Crippen molar-refractivity contribution in [1.82, 2.24) is 0 Å². The van der Waals surface area contributed by atoms with Crippen LogP contribution in [0.15, 0.2) is 0 Å². The maximum Gasteiger partial charge on any atom is 0.302 e. The van der Waals surface area contributed by atoms with Crippen molar-refractivity contribution in [3.8, 4) is 0 Å². The van der Waals surface area contributed by atoms with E-state index in [4.69, 9.17) is 9.47 Å². The molecule has 0 spiro atoms. The monoisotopic (exact) mass is 390 g/mol. The Morgan fingerprint density at radius 3 is 2.57 bits per heavy atom. The number of hydrogen-bond donors (Lipinski definition) is 1. The third-order valence-electron chi connectivity index (χ3n) is 9.94. The van der Waals surface area contributed by atoms with Crippen molar-refractivity contribution >= 4 is 11.8 Å². The van der Waals surface area contributed by atoms with Gasteiger partial charge >= 0.3 is 5.97 Å². The van der Waals surface area contributed by atoms with E-state index in [9.17, 15) is 14.7 Å². The molecule has 4 saturated carbocycles. The van der Waals surface area contributed by atoms with Gasteiger partial charge in [0.2, 0.25) is 0 Å². The molecule has 5 nitrogen and oxygen atoms in total. The number of carbonyl (C=O) groups excluding carboxylic acids is 2. The number of aliphatic hydroxyl groups is 1. The highest BCUT2D eigenvalue weighted by Crippen LogP contribution is 2.73. The molecule has 5 rings (SSSR count). The van der Waals surface area contributed by atoms with Gasteiger partial charge in [-0.15, -0.1) is 0 Å². The van der Waals surface area contributed by atoms with Gasteiger partial charge < -0.3 is 14.6 Å². The second-order valence-electron chi connectivity index (χ2n) is 10.8. The van der Waals surface area contributed by atoms with E-state index in [0.717, 1.165) is 38.5 Å². The van der Waals surface area contributed by atoms with Crippen LogP contribution in [0.25, 0.3) is 0 Å². The molecule has 1 N–H and O–H groups in total. The highest BCUT2D eigenvalue weighted by atomic mass is 16.6. The van der Waals surface area contributed by atoms with E-state index >= 15 is 0 Å². The number of esters is 1. The molecule has 0 aromatic heterocycles. The van der Waals surface area contributed by atoms with Gasteiger partial charge in [-0.25, -0.2) is 0 Å². The minimum Gasteiger partial charge on any atom is -0.463 e. The van der Waals surface area contributed by atoms with E-state index in [1.54, 1.807) is 0 Å². The summed E-state index contributed by atoms with van der Waals surface area (Å²) in [6.07, 6.45) is 8.85. The van der Waals surface area contributed by atoms with E-state index < -0.39 is 12.2 Å². The topological polar surface area (TPSA) is 76.1 Å². The van der Waals surface area contributed by atoms with Crippen molar-refractivity contribution in [3.05, 3.63) is 0 Å². The maximum atomic E-state index is 12.6. The highest BCUT2D eigenvalue weighted by molar-refractivity contribution is 5.93. The van der Waals surface area contributed by atoms with Gasteiger partial charge in [-0.3, -0.25) is 9.59 Å². The predicted molar refractivity (Wildman–Crippen MR) is 102 cm³/mol. The molecule has 5 aliphatic rings. The third kappa shape index (κ3) is 2.26. The molecule has 5 heteroatoms. The van der Waals surface area contributed by atoms with Crippen molar-refractivity contribution in [3.63, 3.8) is 0 Å². The summed E-state index contributed by atoms with van der Waals surface area (Å²) in [5.74, 6) is 2.27. The van der Waals surface area contributed by atoms with Gasteiger partial charge in [0.15, 0.2) is 11.4 Å². The number of aliphatic hydroxyl groups excluding tert-OH is 1. The fourth-order valence-electron chi connectivity index (χ4n) is 8.60. The van der Waals surface area contributed by atoms with Crippen LogP contribution in [0.5, 0.6) is 0 Å². The summed E-state index contributed by atoms with van der Waals surface area (Å²) in [5.41, 5.74) is -0.485. The summed E-state index contributed by atoms with van der Waals surface area (Å²) in [5, 5.41) is 9.54. The first-order valence-corrected chi connectivity index (χ1v) is 11.3. The minimum atomic E-state index is -0.692. The quantitative estimate of drug-likeness (QED) is 0.591. The molecule has 156 valence electrons. The Labute approximate surface area is 167 Å². The van der Waals surface area contributed by atoms with Crippen molar-refractivity contribution in [1.29, 1.82) is 0 Å². The number of hydrogen-bond acceptors (Lipinski definition) is 5. The molecule has 1 aliphatic heterocycles. The summed E-state index contributed by atoms with van der Waals surface area (Å²) in [4.78, 5) is 24.0. The first-order valence-electron chi connectivity index (χ1n) is 11.3. The summed E-state index contributed by atoms with van der Waals surface area (Å²) >= 11 is 0. The second kappa shape index (κ2) is 6.04. The Hall–Kier alpha value is -0.940. The normalized spacial score (nSPS) is 54.0. The zero-order valence-electron chi connectivity index (χ0n) is 17.4. The van der Waals surface area contributed by atoms with E-state index in [-0.39, 0.29) is 29.4 Å². The highest BCUT2D eigenvalue weighted by Gasteiger charge is 2.80. The van der Waals surface area contributed by atoms with Crippen molar-refractivity contribution in [2.24, 2.45) is 34.5 Å². The Balaban J connectivity index is 1.38. The number of fused-ring (bicyclic) bond motifs is 7. The molecular weight excluding hydrogens is 356 g/mol. The third-order valence-corrected chi connectivity index (χ3v) is 9.94. The minimum absolute atomic E-state index is 0.0335. The molecule has 0 bridgehead atoms. The van der Waals surface area contributed by atoms with Crippen LogP contribution in [0.2, 0.25) is 0 Å². The van der Waals surface area contributed by atoms with Crippen LogP contribution in [0.1, 0.15) is 72.1 Å². The van der Waals surface area contributed by atoms with E-state index in [1.165, 1.54) is 19.8 Å². The van der Waals surface area contributed by atoms with Crippen molar-refractivity contribution in [2.45, 2.75) is 89.9 Å². The van der Waals surface area contributed by atoms with Gasteiger partial charge in [0.1, 0.15) is 12.7 Å². The van der Waals surface area contributed by atoms with Gasteiger partial charge in [0.25, 0.3) is 0 Å². The van der Waals surface area contributed by atoms with Crippen LogP contribution >= 0.6 is 0 Å². The van der Waals surface area contributed by atoms with Crippen molar-refractivity contribution in [2.75, 3.05) is 6.61 Å². The average Bonchev–Trinajstić information content (AvgIpc) is 3.33. The molecule has 0 amide bonds. The zero-order chi connectivity index (χ0) is 19.9. The lowest BCUT2D eigenvalue weighted by molar-refractivity contribution is -0.166. The van der Waals surface area contributed by atoms with Crippen LogP contribution in [0, 0.1) is 34.5 Å². The largest absolute Gasteiger partial charge is 0.463 e. The molecule has 0 aromatic carbocycles. The predicted octanol–water partition coefficient (Wildman–Crippen LogP) is 3.27. The van der Waals surface area contributed by atoms with E-state index in [0.29, 0.717) is 29.1 Å². The van der Waals surface area contributed by atoms with E-state index in [2.05, 4.69) is 13.8 Å². The standard InChI is InChI=1S/C23H34O5/c1-13(25)27-15-6-8-21(2)14(10-15)4-5-16-17(21)7-9-22(3)18(16)11-20-23(22,28-20)19(26)12-24/h14-18,20,24H,4-12H2,1-3H3/t14-,15-,16+,17-,18-,20+,21-,22-,23+/m0/s1. The molecular formula is C23H34O5. The van der Waals surface area contributed by atoms with Gasteiger partial charge in [-0.05, 0) is 80.5 Å². The van der Waals surface area contributed by atoms with Crippen LogP contribution in [-0.4, -0.2) is 41.3 Å². The summed E-state index contributed by atoms with van der Waals surface area (Å²) in [7, 11) is 0. The number of rotatable bonds is 3. The lowest BCUT2D eigenvalue weighted by Gasteiger charge is -2.61. The van der Waals surface area contributed by atoms with E-state index in [1.807, 2.05) is 0 Å². The second-order valence-corrected chi connectivity index (χ2v) is 10.8. The lowest BCUT2D eigenvalue weighted by Crippen LogP contribution is -2.57. The van der Waals surface area contributed by atoms with Gasteiger partial charge in [-0.2, -0.15) is 0 Å². The smallest absolute Gasteiger partial charge is 0.302 e. The molecule has 4 aliphatic carbocycles. The fourth-order valence-corrected chi connectivity index (χ4v) is 8.60. The SMILES string of the molecule is CC(=O)O[C@H]1CC[C@@]2(C)[C@@H](CC[C@@H]3[C@@H]2CC[C@@]2(C)[C@H]3C[C@H]3O[C@]32C(=O)CO)C1. The fraction of sp³-hybridized carbons (Fsp3) is 0.913. The molecule has 9 atom stereocenters. The molecule has 28 heavy (non-hydrogen) atoms. The maximum absolute atomic E-state index is 12.6. The van der Waals surface area contributed by atoms with Crippen LogP contribution < -0.4 is 0 Å². The van der Waals surface area contributed by atoms with Crippen LogP contribution in [-0.2, 0) is 19.1 Å². The Morgan fingerprint density at radius 1 is 1.07 bits per heavy atom. The molecule has 0 unspecified atom stereocenters. The number of ether oxygens (including phenoxy) is 2. The Bertz CT molecular complexity index is 705. The number of Topliss-reactive ketones (excluding diaryl/α,β-unsaturated/α-hetero) is 1. The number of carbonyl (C=O) groups is 2. The molecule has 5 fully saturated rings. The Morgan fingerprint density at radius 2 is 1.86 bits per heavy atom. The number of ketones is 1. The van der Waals surface area contributed by atoms with Gasteiger partial charge in [-0.1, -0.05) is 13.8 Å². The molecule has 1 heterocycles. The van der Waals surface area contributed by atoms with Crippen LogP contribution in [0.3, 0.4) is 0 Å². The summed E-state index contributed by atoms with van der Waals surface area (Å²) < 4.78 is 11.5. The van der Waals surface area contributed by atoms with Crippen LogP contribution in [0.4, 0.5) is 0 Å². The summed E-state index contributed by atoms with van der Waals surface area (Å²) in [6.45, 7) is 5.87. The van der Waals surface area contributed by atoms with Gasteiger partial charge in [0.05, 0.1) is 6.10 Å². The summed E-state index contributed by atoms with van der Waals surface area (Å²) in [6, 6.07) is 0. The molecule has 1 saturated heterocycles. The molecule has 0 radical (unpaired) electrons. The van der Waals surface area contributed by atoms with Crippen molar-refractivity contribution < 1.29 is 24.2 Å². The first-order chi connectivity index (χ1) is 13.3. The van der Waals surface area contributed by atoms with Gasteiger partial charge in [0, 0.05) is 12.3 Å². The molecule has 0 aromatic rings. The lowest BCUT2D eigenvalue weighted by atomic mass is 9.44. The number of epoxide rings is 1. The zero-order valence-corrected chi connectivity index (χ0v) is 17.4.